The normalized spacial score (nSPS) is 13.2. The Morgan fingerprint density at radius 3 is 2.03 bits per heavy atom. The number of likely N-dealkylation sites (N-methyl/N-ethyl adjacent to an activating group) is 1. The first-order valence-corrected chi connectivity index (χ1v) is 12.1. The average molecular weight is 574 g/mol. The van der Waals surface area contributed by atoms with Crippen molar-refractivity contribution in [3.63, 3.8) is 0 Å². The minimum Gasteiger partial charge on any atom is -0.392 e. The number of amides is 1. The van der Waals surface area contributed by atoms with E-state index in [9.17, 15) is 36.2 Å². The molecule has 0 saturated heterocycles. The van der Waals surface area contributed by atoms with Crippen molar-refractivity contribution in [2.45, 2.75) is 44.6 Å². The summed E-state index contributed by atoms with van der Waals surface area (Å²) >= 11 is 6.40. The fourth-order valence-electron chi connectivity index (χ4n) is 3.93. The van der Waals surface area contributed by atoms with E-state index in [0.717, 1.165) is 4.90 Å². The Balaban J connectivity index is 2.12. The van der Waals surface area contributed by atoms with Gasteiger partial charge < -0.3 is 15.3 Å². The lowest BCUT2D eigenvalue weighted by molar-refractivity contribution is -0.143. The Morgan fingerprint density at radius 1 is 0.974 bits per heavy atom. The molecule has 0 aliphatic rings. The summed E-state index contributed by atoms with van der Waals surface area (Å²) in [4.78, 5) is 19.1. The maximum Gasteiger partial charge on any atom is 0.416 e. The molecule has 0 aliphatic heterocycles. The minimum atomic E-state index is -5.06. The number of anilines is 2. The number of hydrogen-bond donors (Lipinski definition) is 2. The van der Waals surface area contributed by atoms with Gasteiger partial charge in [-0.05, 0) is 56.7 Å². The number of aromatic nitrogens is 1. The molecule has 1 atom stereocenters. The van der Waals surface area contributed by atoms with E-state index in [1.54, 1.807) is 37.3 Å². The van der Waals surface area contributed by atoms with E-state index >= 15 is 0 Å². The van der Waals surface area contributed by atoms with Gasteiger partial charge in [-0.15, -0.1) is 0 Å². The molecule has 3 aromatic rings. The summed E-state index contributed by atoms with van der Waals surface area (Å²) in [6.07, 6.45) is -9.47. The topological polar surface area (TPSA) is 65.5 Å². The highest BCUT2D eigenvalue weighted by molar-refractivity contribution is 6.33. The minimum absolute atomic E-state index is 0.0200. The molecule has 5 nitrogen and oxygen atoms in total. The third kappa shape index (κ3) is 6.83. The molecule has 0 unspecified atom stereocenters. The van der Waals surface area contributed by atoms with Gasteiger partial charge in [-0.2, -0.15) is 26.3 Å². The SMILES string of the molecule is C[C@@H](O)CNc1cc(-c2ccccc2Cl)c(N(C)C(=O)C(C)(C)c2cc(C(F)(F)F)cc(C(F)(F)F)c2)cn1. The van der Waals surface area contributed by atoms with Crippen molar-refractivity contribution in [3.05, 3.63) is 76.4 Å². The van der Waals surface area contributed by atoms with Crippen LogP contribution in [0.4, 0.5) is 37.8 Å². The number of aliphatic hydroxyl groups is 1. The van der Waals surface area contributed by atoms with E-state index in [0.29, 0.717) is 34.1 Å². The van der Waals surface area contributed by atoms with Crippen LogP contribution < -0.4 is 10.2 Å². The van der Waals surface area contributed by atoms with Crippen LogP contribution in [0.15, 0.2) is 54.7 Å². The van der Waals surface area contributed by atoms with E-state index in [-0.39, 0.29) is 18.3 Å². The summed E-state index contributed by atoms with van der Waals surface area (Å²) in [5, 5.41) is 12.9. The molecular weight excluding hydrogens is 548 g/mol. The Labute approximate surface area is 226 Å². The zero-order valence-corrected chi connectivity index (χ0v) is 22.1. The lowest BCUT2D eigenvalue weighted by Gasteiger charge is -2.32. The number of pyridine rings is 1. The Kier molecular flexibility index (Phi) is 8.57. The molecule has 1 amide bonds. The fraction of sp³-hybridized carbons (Fsp3) is 0.333. The van der Waals surface area contributed by atoms with E-state index in [1.807, 2.05) is 0 Å². The molecule has 3 rings (SSSR count). The molecule has 0 radical (unpaired) electrons. The maximum absolute atomic E-state index is 13.7. The summed E-state index contributed by atoms with van der Waals surface area (Å²) in [7, 11) is 1.35. The van der Waals surface area contributed by atoms with Crippen molar-refractivity contribution < 1.29 is 36.2 Å². The number of hydrogen-bond acceptors (Lipinski definition) is 4. The highest BCUT2D eigenvalue weighted by atomic mass is 35.5. The Hall–Kier alpha value is -3.31. The van der Waals surface area contributed by atoms with Crippen LogP contribution in [0.3, 0.4) is 0 Å². The largest absolute Gasteiger partial charge is 0.416 e. The number of nitrogens with one attached hydrogen (secondary N) is 1. The summed E-state index contributed by atoms with van der Waals surface area (Å²) < 4.78 is 80.8. The van der Waals surface area contributed by atoms with E-state index in [2.05, 4.69) is 10.3 Å². The first-order chi connectivity index (χ1) is 17.9. The average Bonchev–Trinajstić information content (AvgIpc) is 2.85. The van der Waals surface area contributed by atoms with Crippen molar-refractivity contribution in [2.75, 3.05) is 23.8 Å². The molecule has 39 heavy (non-hydrogen) atoms. The first kappa shape index (κ1) is 30.2. The van der Waals surface area contributed by atoms with Crippen LogP contribution in [-0.4, -0.2) is 35.7 Å². The number of halogens is 7. The van der Waals surface area contributed by atoms with Crippen molar-refractivity contribution in [2.24, 2.45) is 0 Å². The molecule has 2 aromatic carbocycles. The van der Waals surface area contributed by atoms with Crippen LogP contribution in [0, 0.1) is 0 Å². The van der Waals surface area contributed by atoms with Crippen molar-refractivity contribution in [1.82, 2.24) is 4.98 Å². The number of carbonyl (C=O) groups is 1. The van der Waals surface area contributed by atoms with E-state index in [1.165, 1.54) is 27.1 Å². The molecule has 0 saturated carbocycles. The van der Waals surface area contributed by atoms with Gasteiger partial charge in [0.15, 0.2) is 0 Å². The van der Waals surface area contributed by atoms with Crippen LogP contribution in [0.1, 0.15) is 37.5 Å². The molecule has 1 heterocycles. The van der Waals surface area contributed by atoms with Crippen LogP contribution in [-0.2, 0) is 22.6 Å². The number of nitrogens with zero attached hydrogens (tertiary/aromatic N) is 2. The van der Waals surface area contributed by atoms with Crippen LogP contribution in [0.5, 0.6) is 0 Å². The fourth-order valence-corrected chi connectivity index (χ4v) is 4.17. The second-order valence-electron chi connectivity index (χ2n) is 9.58. The van der Waals surface area contributed by atoms with Crippen molar-refractivity contribution >= 4 is 29.0 Å². The molecule has 210 valence electrons. The summed E-state index contributed by atoms with van der Waals surface area (Å²) in [5.41, 5.74) is -4.14. The first-order valence-electron chi connectivity index (χ1n) is 11.7. The molecule has 0 aliphatic carbocycles. The standard InChI is InChI=1S/C27H26ClF6N3O2/c1-15(38)13-35-23-12-20(19-7-5-6-8-21(19)28)22(14-36-23)37(4)24(39)25(2,3)16-9-17(26(29,30)31)11-18(10-16)27(32,33)34/h5-12,14-15,38H,13H2,1-4H3,(H,35,36)/t15-/m1/s1. The molecule has 2 N–H and O–H groups in total. The number of carbonyl (C=O) groups excluding carboxylic acids is 1. The van der Waals surface area contributed by atoms with Gasteiger partial charge in [-0.1, -0.05) is 29.8 Å². The summed E-state index contributed by atoms with van der Waals surface area (Å²) in [5.74, 6) is -0.433. The molecule has 0 fully saturated rings. The Bertz CT molecular complexity index is 1320. The highest BCUT2D eigenvalue weighted by Gasteiger charge is 2.41. The third-order valence-corrected chi connectivity index (χ3v) is 6.47. The Morgan fingerprint density at radius 2 is 1.51 bits per heavy atom. The van der Waals surface area contributed by atoms with Crippen LogP contribution >= 0.6 is 11.6 Å². The van der Waals surface area contributed by atoms with Crippen molar-refractivity contribution in [3.8, 4) is 11.1 Å². The van der Waals surface area contributed by atoms with Gasteiger partial charge in [-0.3, -0.25) is 4.79 Å². The van der Waals surface area contributed by atoms with Gasteiger partial charge in [0.05, 0.1) is 34.5 Å². The molecule has 1 aromatic heterocycles. The van der Waals surface area contributed by atoms with Gasteiger partial charge in [-0.25, -0.2) is 4.98 Å². The van der Waals surface area contributed by atoms with Gasteiger partial charge in [0.1, 0.15) is 5.82 Å². The summed E-state index contributed by atoms with van der Waals surface area (Å²) in [6.45, 7) is 4.25. The quantitative estimate of drug-likeness (QED) is 0.294. The number of rotatable bonds is 7. The highest BCUT2D eigenvalue weighted by Crippen LogP contribution is 2.41. The second-order valence-corrected chi connectivity index (χ2v) is 9.99. The zero-order chi connectivity index (χ0) is 29.3. The monoisotopic (exact) mass is 573 g/mol. The third-order valence-electron chi connectivity index (χ3n) is 6.14. The number of alkyl halides is 6. The smallest absolute Gasteiger partial charge is 0.392 e. The maximum atomic E-state index is 13.7. The van der Waals surface area contributed by atoms with Crippen molar-refractivity contribution in [1.29, 1.82) is 0 Å². The second kappa shape index (κ2) is 11.1. The molecule has 0 spiro atoms. The lowest BCUT2D eigenvalue weighted by Crippen LogP contribution is -2.42. The molecule has 12 heteroatoms. The van der Waals surface area contributed by atoms with Crippen LogP contribution in [0.2, 0.25) is 5.02 Å². The summed E-state index contributed by atoms with van der Waals surface area (Å²) in [6, 6.07) is 9.43. The lowest BCUT2D eigenvalue weighted by atomic mass is 9.81. The van der Waals surface area contributed by atoms with E-state index < -0.39 is 46.5 Å². The number of benzene rings is 2. The van der Waals surface area contributed by atoms with Gasteiger partial charge >= 0.3 is 12.4 Å². The van der Waals surface area contributed by atoms with Gasteiger partial charge in [0.2, 0.25) is 5.91 Å². The van der Waals surface area contributed by atoms with Gasteiger partial charge in [0.25, 0.3) is 0 Å². The molecular formula is C27H26ClF6N3O2. The number of aliphatic hydroxyl groups excluding tert-OH is 1. The molecule has 0 bridgehead atoms. The van der Waals surface area contributed by atoms with E-state index in [4.69, 9.17) is 11.6 Å². The zero-order valence-electron chi connectivity index (χ0n) is 21.4. The predicted molar refractivity (Wildman–Crippen MR) is 138 cm³/mol. The predicted octanol–water partition coefficient (Wildman–Crippen LogP) is 7.17. The van der Waals surface area contributed by atoms with Gasteiger partial charge in [0, 0.05) is 29.7 Å². The van der Waals surface area contributed by atoms with Crippen LogP contribution in [0.25, 0.3) is 11.1 Å².